The minimum atomic E-state index is -0.681. The molecule has 0 aromatic carbocycles. The normalized spacial score (nSPS) is 20.1. The van der Waals surface area contributed by atoms with Crippen molar-refractivity contribution in [1.82, 2.24) is 5.32 Å². The van der Waals surface area contributed by atoms with Gasteiger partial charge in [0.15, 0.2) is 0 Å². The smallest absolute Gasteiger partial charge is 0.222 e. The zero-order valence-electron chi connectivity index (χ0n) is 10.1. The van der Waals surface area contributed by atoms with Crippen molar-refractivity contribution in [1.29, 1.82) is 0 Å². The topological polar surface area (TPSA) is 58.6 Å². The summed E-state index contributed by atoms with van der Waals surface area (Å²) in [6.07, 6.45) is 6.48. The molecule has 0 radical (unpaired) electrons. The first kappa shape index (κ1) is 13.5. The number of rotatable bonds is 5. The number of carbonyl (C=O) groups excluding carboxylic acids is 1. The number of methoxy groups -OCH3 is 1. The van der Waals surface area contributed by atoms with Gasteiger partial charge in [0.05, 0.1) is 12.2 Å². The second kappa shape index (κ2) is 6.86. The molecule has 2 N–H and O–H groups in total. The highest BCUT2D eigenvalue weighted by Crippen LogP contribution is 2.26. The quantitative estimate of drug-likeness (QED) is 0.697. The Bertz CT molecular complexity index is 210. The summed E-state index contributed by atoms with van der Waals surface area (Å²) >= 11 is 0. The van der Waals surface area contributed by atoms with Crippen LogP contribution >= 0.6 is 0 Å². The molecule has 0 spiro atoms. The number of nitrogens with one attached hydrogen (secondary N) is 1. The molecule has 0 aromatic rings. The first-order valence-electron chi connectivity index (χ1n) is 6.14. The van der Waals surface area contributed by atoms with Crippen LogP contribution in [-0.2, 0) is 9.53 Å². The number of hydrogen-bond donors (Lipinski definition) is 2. The highest BCUT2D eigenvalue weighted by atomic mass is 16.5. The van der Waals surface area contributed by atoms with Crippen molar-refractivity contribution >= 4 is 5.91 Å². The van der Waals surface area contributed by atoms with Crippen molar-refractivity contribution in [2.75, 3.05) is 20.3 Å². The van der Waals surface area contributed by atoms with E-state index < -0.39 is 5.60 Å². The van der Waals surface area contributed by atoms with E-state index >= 15 is 0 Å². The van der Waals surface area contributed by atoms with Crippen LogP contribution in [0.2, 0.25) is 0 Å². The Balaban J connectivity index is 2.25. The molecular formula is C12H23NO3. The van der Waals surface area contributed by atoms with Crippen LogP contribution in [0.3, 0.4) is 0 Å². The first-order valence-corrected chi connectivity index (χ1v) is 6.14. The molecule has 4 heteroatoms. The lowest BCUT2D eigenvalue weighted by atomic mass is 9.94. The molecule has 0 aromatic heterocycles. The number of carbonyl (C=O) groups is 1. The third-order valence-electron chi connectivity index (χ3n) is 3.18. The average molecular weight is 229 g/mol. The van der Waals surface area contributed by atoms with E-state index in [-0.39, 0.29) is 5.91 Å². The zero-order valence-corrected chi connectivity index (χ0v) is 10.1. The fourth-order valence-electron chi connectivity index (χ4n) is 2.11. The molecule has 0 aliphatic heterocycles. The Labute approximate surface area is 97.4 Å². The van der Waals surface area contributed by atoms with Gasteiger partial charge in [0.25, 0.3) is 0 Å². The van der Waals surface area contributed by atoms with E-state index in [0.29, 0.717) is 19.6 Å². The molecule has 1 amide bonds. The van der Waals surface area contributed by atoms with E-state index in [1.54, 1.807) is 7.11 Å². The van der Waals surface area contributed by atoms with Gasteiger partial charge in [-0.15, -0.1) is 0 Å². The maximum atomic E-state index is 11.4. The number of ether oxygens (including phenoxy) is 1. The van der Waals surface area contributed by atoms with Crippen LogP contribution < -0.4 is 5.32 Å². The fraction of sp³-hybridized carbons (Fsp3) is 0.917. The molecule has 1 aliphatic rings. The summed E-state index contributed by atoms with van der Waals surface area (Å²) in [4.78, 5) is 11.4. The molecule has 1 fully saturated rings. The SMILES string of the molecule is COCCC(=O)NCC1(O)CCCCCC1. The molecule has 0 atom stereocenters. The number of hydrogen-bond acceptors (Lipinski definition) is 3. The van der Waals surface area contributed by atoms with E-state index in [0.717, 1.165) is 25.7 Å². The molecule has 16 heavy (non-hydrogen) atoms. The van der Waals surface area contributed by atoms with Gasteiger partial charge in [-0.3, -0.25) is 4.79 Å². The summed E-state index contributed by atoms with van der Waals surface area (Å²) in [6.45, 7) is 0.819. The molecule has 0 saturated heterocycles. The van der Waals surface area contributed by atoms with Gasteiger partial charge in [-0.2, -0.15) is 0 Å². The molecule has 94 valence electrons. The second-order valence-corrected chi connectivity index (χ2v) is 4.66. The molecule has 1 saturated carbocycles. The molecule has 0 bridgehead atoms. The van der Waals surface area contributed by atoms with Gasteiger partial charge in [0, 0.05) is 20.1 Å². The third-order valence-corrected chi connectivity index (χ3v) is 3.18. The zero-order chi connectivity index (χ0) is 11.9. The first-order chi connectivity index (χ1) is 7.66. The molecule has 0 heterocycles. The molecule has 4 nitrogen and oxygen atoms in total. The van der Waals surface area contributed by atoms with Crippen molar-refractivity contribution < 1.29 is 14.6 Å². The van der Waals surface area contributed by atoms with E-state index in [2.05, 4.69) is 5.32 Å². The van der Waals surface area contributed by atoms with Crippen molar-refractivity contribution in [3.63, 3.8) is 0 Å². The Morgan fingerprint density at radius 1 is 1.31 bits per heavy atom. The van der Waals surface area contributed by atoms with E-state index in [1.165, 1.54) is 12.8 Å². The van der Waals surface area contributed by atoms with Crippen LogP contribution in [0, 0.1) is 0 Å². The summed E-state index contributed by atoms with van der Waals surface area (Å²) in [5, 5.41) is 13.1. The van der Waals surface area contributed by atoms with Gasteiger partial charge in [0.1, 0.15) is 0 Å². The van der Waals surface area contributed by atoms with Crippen LogP contribution in [0.1, 0.15) is 44.9 Å². The third kappa shape index (κ3) is 4.94. The highest BCUT2D eigenvalue weighted by molar-refractivity contribution is 5.76. The Morgan fingerprint density at radius 2 is 1.94 bits per heavy atom. The van der Waals surface area contributed by atoms with E-state index in [9.17, 15) is 9.90 Å². The number of aliphatic hydroxyl groups is 1. The predicted octanol–water partition coefficient (Wildman–Crippen LogP) is 1.22. The van der Waals surface area contributed by atoms with Gasteiger partial charge >= 0.3 is 0 Å². The maximum Gasteiger partial charge on any atom is 0.222 e. The lowest BCUT2D eigenvalue weighted by Crippen LogP contribution is -2.42. The summed E-state index contributed by atoms with van der Waals surface area (Å²) in [6, 6.07) is 0. The van der Waals surface area contributed by atoms with Gasteiger partial charge in [-0.25, -0.2) is 0 Å². The molecule has 1 rings (SSSR count). The minimum absolute atomic E-state index is 0.0421. The van der Waals surface area contributed by atoms with Gasteiger partial charge < -0.3 is 15.2 Å². The maximum absolute atomic E-state index is 11.4. The van der Waals surface area contributed by atoms with Crippen LogP contribution in [-0.4, -0.2) is 36.9 Å². The Hall–Kier alpha value is -0.610. The van der Waals surface area contributed by atoms with Crippen molar-refractivity contribution in [2.24, 2.45) is 0 Å². The van der Waals surface area contributed by atoms with Gasteiger partial charge in [0.2, 0.25) is 5.91 Å². The lowest BCUT2D eigenvalue weighted by Gasteiger charge is -2.26. The second-order valence-electron chi connectivity index (χ2n) is 4.66. The van der Waals surface area contributed by atoms with E-state index in [4.69, 9.17) is 4.74 Å². The summed E-state index contributed by atoms with van der Waals surface area (Å²) in [5.74, 6) is -0.0421. The van der Waals surface area contributed by atoms with Crippen LogP contribution in [0.25, 0.3) is 0 Å². The van der Waals surface area contributed by atoms with Crippen LogP contribution in [0.15, 0.2) is 0 Å². The summed E-state index contributed by atoms with van der Waals surface area (Å²) in [7, 11) is 1.58. The van der Waals surface area contributed by atoms with Crippen LogP contribution in [0.4, 0.5) is 0 Å². The predicted molar refractivity (Wildman–Crippen MR) is 62.2 cm³/mol. The van der Waals surface area contributed by atoms with E-state index in [1.807, 2.05) is 0 Å². The van der Waals surface area contributed by atoms with Gasteiger partial charge in [-0.1, -0.05) is 25.7 Å². The summed E-state index contributed by atoms with van der Waals surface area (Å²) in [5.41, 5.74) is -0.681. The minimum Gasteiger partial charge on any atom is -0.388 e. The highest BCUT2D eigenvalue weighted by Gasteiger charge is 2.28. The molecular weight excluding hydrogens is 206 g/mol. The average Bonchev–Trinajstić information content (AvgIpc) is 2.49. The lowest BCUT2D eigenvalue weighted by molar-refractivity contribution is -0.123. The van der Waals surface area contributed by atoms with Gasteiger partial charge in [-0.05, 0) is 12.8 Å². The Kier molecular flexibility index (Phi) is 5.77. The van der Waals surface area contributed by atoms with Crippen molar-refractivity contribution in [3.05, 3.63) is 0 Å². The monoisotopic (exact) mass is 229 g/mol. The van der Waals surface area contributed by atoms with Crippen LogP contribution in [0.5, 0.6) is 0 Å². The largest absolute Gasteiger partial charge is 0.388 e. The summed E-state index contributed by atoms with van der Waals surface area (Å²) < 4.78 is 4.83. The van der Waals surface area contributed by atoms with Crippen molar-refractivity contribution in [3.8, 4) is 0 Å². The number of amides is 1. The molecule has 1 aliphatic carbocycles. The Morgan fingerprint density at radius 3 is 2.50 bits per heavy atom. The standard InChI is InChI=1S/C12H23NO3/c1-16-9-6-11(14)13-10-12(15)7-4-2-3-5-8-12/h15H,2-10H2,1H3,(H,13,14). The molecule has 0 unspecified atom stereocenters. The van der Waals surface area contributed by atoms with Crippen molar-refractivity contribution in [2.45, 2.75) is 50.5 Å². The fourth-order valence-corrected chi connectivity index (χ4v) is 2.11.